The second-order valence-corrected chi connectivity index (χ2v) is 8.01. The van der Waals surface area contributed by atoms with Crippen LogP contribution < -0.4 is 4.72 Å². The smallest absolute Gasteiger partial charge is 0.273 e. The van der Waals surface area contributed by atoms with Crippen LogP contribution in [0.5, 0.6) is 0 Å². The summed E-state index contributed by atoms with van der Waals surface area (Å²) in [6.45, 7) is 5.73. The summed E-state index contributed by atoms with van der Waals surface area (Å²) in [4.78, 5) is 6.83. The molecule has 0 bridgehead atoms. The van der Waals surface area contributed by atoms with Gasteiger partial charge in [-0.25, -0.2) is 13.4 Å². The van der Waals surface area contributed by atoms with Gasteiger partial charge < -0.3 is 4.98 Å². The molecule has 6 nitrogen and oxygen atoms in total. The highest BCUT2D eigenvalue weighted by atomic mass is 35.5. The summed E-state index contributed by atoms with van der Waals surface area (Å²) in [5.41, 5.74) is 1.15. The van der Waals surface area contributed by atoms with Crippen LogP contribution in [0.4, 0.5) is 5.69 Å². The normalized spacial score (nSPS) is 10.8. The first-order chi connectivity index (χ1) is 11.4. The maximum absolute atomic E-state index is 12.4. The number of nitrogens with one attached hydrogen (secondary N) is 2. The number of H-pyrrole nitrogens is 1. The first kappa shape index (κ1) is 18.3. The minimum Gasteiger partial charge on any atom is -0.358 e. The van der Waals surface area contributed by atoms with E-state index in [1.54, 1.807) is 19.1 Å². The van der Waals surface area contributed by atoms with E-state index in [1.165, 1.54) is 12.4 Å². The van der Waals surface area contributed by atoms with Crippen LogP contribution in [0.25, 0.3) is 10.9 Å². The number of thiazole rings is 1. The molecule has 0 saturated heterocycles. The lowest BCUT2D eigenvalue weighted by Crippen LogP contribution is -2.11. The molecule has 0 fully saturated rings. The number of hydrogen-bond donors (Lipinski definition) is 2. The molecule has 9 heteroatoms. The molecular formula is C15H15ClN4O2S2. The number of anilines is 1. The third-order valence-corrected chi connectivity index (χ3v) is 6.07. The van der Waals surface area contributed by atoms with E-state index in [1.807, 2.05) is 19.9 Å². The SMILES string of the molecule is CC.Cc1ncc(S(=O)(=O)Nc2ccc(Cl)c3c(C#N)c[nH]c23)s1. The van der Waals surface area contributed by atoms with E-state index in [0.717, 1.165) is 11.3 Å². The van der Waals surface area contributed by atoms with Crippen molar-refractivity contribution in [3.05, 3.63) is 40.1 Å². The molecule has 0 aliphatic carbocycles. The fraction of sp³-hybridized carbons (Fsp3) is 0.200. The largest absolute Gasteiger partial charge is 0.358 e. The van der Waals surface area contributed by atoms with Gasteiger partial charge >= 0.3 is 0 Å². The van der Waals surface area contributed by atoms with Gasteiger partial charge in [0.05, 0.1) is 33.0 Å². The summed E-state index contributed by atoms with van der Waals surface area (Å²) in [5.74, 6) is 0. The van der Waals surface area contributed by atoms with Gasteiger partial charge in [-0.2, -0.15) is 5.26 Å². The molecule has 0 aliphatic heterocycles. The number of aromatic nitrogens is 2. The van der Waals surface area contributed by atoms with Gasteiger partial charge in [0.15, 0.2) is 4.21 Å². The molecule has 2 N–H and O–H groups in total. The third kappa shape index (κ3) is 3.38. The zero-order chi connectivity index (χ0) is 17.9. The molecule has 0 amide bonds. The molecule has 0 radical (unpaired) electrons. The highest BCUT2D eigenvalue weighted by Crippen LogP contribution is 2.33. The molecule has 0 spiro atoms. The van der Waals surface area contributed by atoms with Gasteiger partial charge in [0, 0.05) is 11.6 Å². The lowest BCUT2D eigenvalue weighted by atomic mass is 10.1. The zero-order valence-electron chi connectivity index (χ0n) is 13.2. The number of nitrogens with zero attached hydrogens (tertiary/aromatic N) is 2. The number of fused-ring (bicyclic) bond motifs is 1. The van der Waals surface area contributed by atoms with Crippen LogP contribution >= 0.6 is 22.9 Å². The Kier molecular flexibility index (Phi) is 5.49. The van der Waals surface area contributed by atoms with Crippen LogP contribution in [0.2, 0.25) is 5.02 Å². The highest BCUT2D eigenvalue weighted by Gasteiger charge is 2.20. The average Bonchev–Trinajstić information content (AvgIpc) is 3.19. The molecule has 0 unspecified atom stereocenters. The lowest BCUT2D eigenvalue weighted by Gasteiger charge is -2.08. The fourth-order valence-corrected chi connectivity index (χ4v) is 4.48. The van der Waals surface area contributed by atoms with E-state index in [0.29, 0.717) is 32.2 Å². The Hall–Kier alpha value is -2.08. The molecule has 1 aromatic carbocycles. The van der Waals surface area contributed by atoms with E-state index in [4.69, 9.17) is 16.9 Å². The molecule has 2 heterocycles. The maximum Gasteiger partial charge on any atom is 0.273 e. The number of sulfonamides is 1. The second-order valence-electron chi connectivity index (χ2n) is 4.46. The van der Waals surface area contributed by atoms with E-state index in [9.17, 15) is 8.42 Å². The first-order valence-electron chi connectivity index (χ1n) is 7.07. The molecule has 3 rings (SSSR count). The molecule has 0 saturated carbocycles. The quantitative estimate of drug-likeness (QED) is 0.705. The van der Waals surface area contributed by atoms with Crippen molar-refractivity contribution in [2.75, 3.05) is 4.72 Å². The Morgan fingerprint density at radius 2 is 2.08 bits per heavy atom. The van der Waals surface area contributed by atoms with Crippen molar-refractivity contribution in [2.45, 2.75) is 25.0 Å². The van der Waals surface area contributed by atoms with Gasteiger partial charge in [0.25, 0.3) is 10.0 Å². The van der Waals surface area contributed by atoms with E-state index in [-0.39, 0.29) is 4.21 Å². The van der Waals surface area contributed by atoms with Gasteiger partial charge in [-0.15, -0.1) is 11.3 Å². The van der Waals surface area contributed by atoms with Gasteiger partial charge in [-0.3, -0.25) is 4.72 Å². The summed E-state index contributed by atoms with van der Waals surface area (Å²) in [6, 6.07) is 5.11. The van der Waals surface area contributed by atoms with E-state index in [2.05, 4.69) is 14.7 Å². The van der Waals surface area contributed by atoms with Crippen molar-refractivity contribution in [3.63, 3.8) is 0 Å². The molecule has 3 aromatic rings. The van der Waals surface area contributed by atoms with Gasteiger partial charge in [-0.1, -0.05) is 25.4 Å². The highest BCUT2D eigenvalue weighted by molar-refractivity contribution is 7.94. The maximum atomic E-state index is 12.4. The van der Waals surface area contributed by atoms with Crippen molar-refractivity contribution in [1.29, 1.82) is 5.26 Å². The van der Waals surface area contributed by atoms with Crippen LogP contribution in [0.15, 0.2) is 28.7 Å². The number of aromatic amines is 1. The van der Waals surface area contributed by atoms with Crippen LogP contribution in [0.1, 0.15) is 24.4 Å². The van der Waals surface area contributed by atoms with E-state index < -0.39 is 10.0 Å². The number of benzene rings is 1. The summed E-state index contributed by atoms with van der Waals surface area (Å²) in [5, 5.41) is 10.6. The average molecular weight is 383 g/mol. The number of nitriles is 1. The van der Waals surface area contributed by atoms with Crippen LogP contribution in [-0.2, 0) is 10.0 Å². The van der Waals surface area contributed by atoms with Crippen LogP contribution in [-0.4, -0.2) is 18.4 Å². The van der Waals surface area contributed by atoms with E-state index >= 15 is 0 Å². The number of halogens is 1. The Morgan fingerprint density at radius 3 is 2.67 bits per heavy atom. The Bertz CT molecular complexity index is 1020. The van der Waals surface area contributed by atoms with Crippen molar-refractivity contribution in [3.8, 4) is 6.07 Å². The van der Waals surface area contributed by atoms with Gasteiger partial charge in [0.1, 0.15) is 6.07 Å². The fourth-order valence-electron chi connectivity index (χ4n) is 2.04. The number of rotatable bonds is 3. The minimum absolute atomic E-state index is 0.125. The monoisotopic (exact) mass is 382 g/mol. The van der Waals surface area contributed by atoms with Gasteiger partial charge in [-0.05, 0) is 19.1 Å². The first-order valence-corrected chi connectivity index (χ1v) is 9.75. The summed E-state index contributed by atoms with van der Waals surface area (Å²) < 4.78 is 27.4. The molecule has 0 aliphatic rings. The predicted octanol–water partition coefficient (Wildman–Crippen LogP) is 4.28. The van der Waals surface area contributed by atoms with Crippen LogP contribution in [0, 0.1) is 18.3 Å². The molecule has 24 heavy (non-hydrogen) atoms. The Morgan fingerprint density at radius 1 is 1.38 bits per heavy atom. The Balaban J connectivity index is 0.00000100. The second kappa shape index (κ2) is 7.21. The summed E-state index contributed by atoms with van der Waals surface area (Å²) in [6.07, 6.45) is 2.80. The number of hydrogen-bond acceptors (Lipinski definition) is 5. The molecule has 0 atom stereocenters. The Labute approximate surface area is 149 Å². The predicted molar refractivity (Wildman–Crippen MR) is 97.0 cm³/mol. The third-order valence-electron chi connectivity index (χ3n) is 3.01. The van der Waals surface area contributed by atoms with Crippen molar-refractivity contribution >= 4 is 49.6 Å². The lowest BCUT2D eigenvalue weighted by molar-refractivity contribution is 0.603. The molecular weight excluding hydrogens is 368 g/mol. The zero-order valence-corrected chi connectivity index (χ0v) is 15.6. The van der Waals surface area contributed by atoms with Crippen molar-refractivity contribution in [2.24, 2.45) is 0 Å². The summed E-state index contributed by atoms with van der Waals surface area (Å²) in [7, 11) is -3.73. The molecule has 126 valence electrons. The standard InChI is InChI=1S/C13H9ClN4O2S2.C2H6/c1-7-16-6-11(21-7)22(19,20)18-10-3-2-9(14)12-8(4-15)5-17-13(10)12;1-2/h2-3,5-6,17-18H,1H3;1-2H3. The van der Waals surface area contributed by atoms with Crippen LogP contribution in [0.3, 0.4) is 0 Å². The topological polar surface area (TPSA) is 98.6 Å². The van der Waals surface area contributed by atoms with Crippen molar-refractivity contribution < 1.29 is 8.42 Å². The number of aryl methyl sites for hydroxylation is 1. The van der Waals surface area contributed by atoms with Crippen molar-refractivity contribution in [1.82, 2.24) is 9.97 Å². The minimum atomic E-state index is -3.73. The van der Waals surface area contributed by atoms with Gasteiger partial charge in [0.2, 0.25) is 0 Å². The molecule has 2 aromatic heterocycles. The summed E-state index contributed by atoms with van der Waals surface area (Å²) >= 11 is 7.17.